The van der Waals surface area contributed by atoms with E-state index in [4.69, 9.17) is 9.47 Å². The van der Waals surface area contributed by atoms with E-state index >= 15 is 0 Å². The Bertz CT molecular complexity index is 655. The van der Waals surface area contributed by atoms with Gasteiger partial charge in [0.1, 0.15) is 0 Å². The Balaban J connectivity index is 1.35. The topological polar surface area (TPSA) is 61.4 Å². The second kappa shape index (κ2) is 13.7. The van der Waals surface area contributed by atoms with E-state index in [0.29, 0.717) is 5.92 Å². The Morgan fingerprint density at radius 2 is 1.90 bits per heavy atom. The molecule has 7 nitrogen and oxygen atoms in total. The minimum atomic E-state index is 0.581. The summed E-state index contributed by atoms with van der Waals surface area (Å²) in [4.78, 5) is 9.46. The van der Waals surface area contributed by atoms with Crippen molar-refractivity contribution in [3.63, 3.8) is 0 Å². The summed E-state index contributed by atoms with van der Waals surface area (Å²) < 4.78 is 11.2. The molecule has 31 heavy (non-hydrogen) atoms. The van der Waals surface area contributed by atoms with Crippen molar-refractivity contribution in [2.75, 3.05) is 72.7 Å². The SMILES string of the molecule is CCN1CCN(Cc2ccccc2CNC(=NC)NCCCOCC2CCOC2)CC1. The van der Waals surface area contributed by atoms with E-state index in [1.165, 1.54) is 24.2 Å². The summed E-state index contributed by atoms with van der Waals surface area (Å²) >= 11 is 0. The normalized spacial score (nSPS) is 20.8. The molecule has 0 aliphatic carbocycles. The molecule has 0 bridgehead atoms. The average Bonchev–Trinajstić information content (AvgIpc) is 3.33. The van der Waals surface area contributed by atoms with Crippen molar-refractivity contribution in [1.29, 1.82) is 0 Å². The van der Waals surface area contributed by atoms with Crippen molar-refractivity contribution in [2.24, 2.45) is 10.9 Å². The highest BCUT2D eigenvalue weighted by atomic mass is 16.5. The number of likely N-dealkylation sites (N-methyl/N-ethyl adjacent to an activating group) is 1. The Kier molecular flexibility index (Phi) is 10.6. The number of aliphatic imine (C=N–C) groups is 1. The van der Waals surface area contributed by atoms with Gasteiger partial charge in [-0.25, -0.2) is 0 Å². The summed E-state index contributed by atoms with van der Waals surface area (Å²) in [6.07, 6.45) is 2.10. The number of hydrogen-bond donors (Lipinski definition) is 2. The number of piperazine rings is 1. The molecule has 3 rings (SSSR count). The van der Waals surface area contributed by atoms with Gasteiger partial charge in [-0.05, 0) is 30.5 Å². The van der Waals surface area contributed by atoms with E-state index in [2.05, 4.69) is 56.6 Å². The minimum absolute atomic E-state index is 0.581. The van der Waals surface area contributed by atoms with Crippen molar-refractivity contribution >= 4 is 5.96 Å². The summed E-state index contributed by atoms with van der Waals surface area (Å²) in [6.45, 7) is 14.0. The third-order valence-corrected chi connectivity index (χ3v) is 6.23. The maximum Gasteiger partial charge on any atom is 0.191 e. The van der Waals surface area contributed by atoms with Crippen molar-refractivity contribution in [3.8, 4) is 0 Å². The molecule has 174 valence electrons. The summed E-state index contributed by atoms with van der Waals surface area (Å²) in [6, 6.07) is 8.75. The molecule has 2 N–H and O–H groups in total. The van der Waals surface area contributed by atoms with Crippen LogP contribution in [-0.2, 0) is 22.6 Å². The molecule has 1 unspecified atom stereocenters. The third kappa shape index (κ3) is 8.41. The third-order valence-electron chi connectivity index (χ3n) is 6.23. The zero-order valence-electron chi connectivity index (χ0n) is 19.4. The van der Waals surface area contributed by atoms with Crippen LogP contribution in [-0.4, -0.2) is 88.5 Å². The van der Waals surface area contributed by atoms with Gasteiger partial charge in [-0.3, -0.25) is 9.89 Å². The minimum Gasteiger partial charge on any atom is -0.381 e. The maximum absolute atomic E-state index is 5.78. The standard InChI is InChI=1S/C24H41N5O2/c1-3-28-11-13-29(14-12-28)18-23-8-5-4-7-22(23)17-27-24(25-2)26-10-6-15-30-19-21-9-16-31-20-21/h4-5,7-8,21H,3,6,9-20H2,1-2H3,(H2,25,26,27). The lowest BCUT2D eigenvalue weighted by atomic mass is 10.1. The van der Waals surface area contributed by atoms with Crippen LogP contribution in [0.1, 0.15) is 30.9 Å². The van der Waals surface area contributed by atoms with E-state index in [1.54, 1.807) is 0 Å². The van der Waals surface area contributed by atoms with Gasteiger partial charge < -0.3 is 25.0 Å². The van der Waals surface area contributed by atoms with Crippen molar-refractivity contribution in [1.82, 2.24) is 20.4 Å². The number of rotatable bonds is 11. The number of ether oxygens (including phenoxy) is 2. The Morgan fingerprint density at radius 3 is 2.61 bits per heavy atom. The molecule has 2 heterocycles. The van der Waals surface area contributed by atoms with Crippen LogP contribution in [0.4, 0.5) is 0 Å². The van der Waals surface area contributed by atoms with Crippen LogP contribution in [0.15, 0.2) is 29.3 Å². The van der Waals surface area contributed by atoms with E-state index in [-0.39, 0.29) is 0 Å². The second-order valence-corrected chi connectivity index (χ2v) is 8.49. The summed E-state index contributed by atoms with van der Waals surface area (Å²) in [5, 5.41) is 6.87. The van der Waals surface area contributed by atoms with Gasteiger partial charge in [-0.2, -0.15) is 0 Å². The molecular formula is C24H41N5O2. The van der Waals surface area contributed by atoms with Gasteiger partial charge in [-0.1, -0.05) is 31.2 Å². The highest BCUT2D eigenvalue weighted by Gasteiger charge is 2.17. The Labute approximate surface area is 188 Å². The molecule has 2 aliphatic heterocycles. The van der Waals surface area contributed by atoms with E-state index in [9.17, 15) is 0 Å². The highest BCUT2D eigenvalue weighted by molar-refractivity contribution is 5.79. The maximum atomic E-state index is 5.78. The van der Waals surface area contributed by atoms with Crippen LogP contribution in [0.5, 0.6) is 0 Å². The molecular weight excluding hydrogens is 390 g/mol. The Hall–Kier alpha value is -1.67. The first-order chi connectivity index (χ1) is 15.3. The van der Waals surface area contributed by atoms with Crippen LogP contribution in [0.2, 0.25) is 0 Å². The quantitative estimate of drug-likeness (QED) is 0.317. The molecule has 0 aromatic heterocycles. The first-order valence-electron chi connectivity index (χ1n) is 11.9. The lowest BCUT2D eigenvalue weighted by molar-refractivity contribution is 0.0888. The molecule has 0 amide bonds. The van der Waals surface area contributed by atoms with Gasteiger partial charge in [-0.15, -0.1) is 0 Å². The van der Waals surface area contributed by atoms with Crippen LogP contribution >= 0.6 is 0 Å². The fourth-order valence-electron chi connectivity index (χ4n) is 4.13. The van der Waals surface area contributed by atoms with Crippen molar-refractivity contribution in [2.45, 2.75) is 32.9 Å². The number of nitrogens with one attached hydrogen (secondary N) is 2. The second-order valence-electron chi connectivity index (χ2n) is 8.49. The highest BCUT2D eigenvalue weighted by Crippen LogP contribution is 2.14. The number of benzene rings is 1. The van der Waals surface area contributed by atoms with Gasteiger partial charge in [0.25, 0.3) is 0 Å². The van der Waals surface area contributed by atoms with Gasteiger partial charge >= 0.3 is 0 Å². The van der Waals surface area contributed by atoms with Gasteiger partial charge in [0.15, 0.2) is 5.96 Å². The Morgan fingerprint density at radius 1 is 1.13 bits per heavy atom. The molecule has 2 fully saturated rings. The summed E-state index contributed by atoms with van der Waals surface area (Å²) in [5.41, 5.74) is 2.74. The zero-order chi connectivity index (χ0) is 21.7. The molecule has 0 saturated carbocycles. The lowest BCUT2D eigenvalue weighted by Gasteiger charge is -2.34. The smallest absolute Gasteiger partial charge is 0.191 e. The fraction of sp³-hybridized carbons (Fsp3) is 0.708. The molecule has 7 heteroatoms. The van der Waals surface area contributed by atoms with Crippen LogP contribution in [0.3, 0.4) is 0 Å². The fourth-order valence-corrected chi connectivity index (χ4v) is 4.13. The van der Waals surface area contributed by atoms with Gasteiger partial charge in [0.05, 0.1) is 13.2 Å². The van der Waals surface area contributed by atoms with Crippen molar-refractivity contribution < 1.29 is 9.47 Å². The predicted octanol–water partition coefficient (Wildman–Crippen LogP) is 1.93. The van der Waals surface area contributed by atoms with Crippen LogP contribution in [0.25, 0.3) is 0 Å². The predicted molar refractivity (Wildman–Crippen MR) is 126 cm³/mol. The molecule has 0 spiro atoms. The van der Waals surface area contributed by atoms with Gasteiger partial charge in [0, 0.05) is 72.0 Å². The van der Waals surface area contributed by atoms with Crippen molar-refractivity contribution in [3.05, 3.63) is 35.4 Å². The number of hydrogen-bond acceptors (Lipinski definition) is 5. The van der Waals surface area contributed by atoms with Crippen LogP contribution < -0.4 is 10.6 Å². The molecule has 2 aliphatic rings. The van der Waals surface area contributed by atoms with E-state index in [0.717, 1.165) is 84.5 Å². The summed E-state index contributed by atoms with van der Waals surface area (Å²) in [5.74, 6) is 1.42. The summed E-state index contributed by atoms with van der Waals surface area (Å²) in [7, 11) is 1.82. The largest absolute Gasteiger partial charge is 0.381 e. The molecule has 0 radical (unpaired) electrons. The number of nitrogens with zero attached hydrogens (tertiary/aromatic N) is 3. The average molecular weight is 432 g/mol. The van der Waals surface area contributed by atoms with Crippen LogP contribution in [0, 0.1) is 5.92 Å². The molecule has 2 saturated heterocycles. The zero-order valence-corrected chi connectivity index (χ0v) is 19.4. The first kappa shape index (κ1) is 24.0. The lowest BCUT2D eigenvalue weighted by Crippen LogP contribution is -2.45. The number of guanidine groups is 1. The molecule has 1 atom stereocenters. The molecule has 1 aromatic carbocycles. The van der Waals surface area contributed by atoms with E-state index in [1.807, 2.05) is 7.05 Å². The van der Waals surface area contributed by atoms with Gasteiger partial charge in [0.2, 0.25) is 0 Å². The molecule has 1 aromatic rings. The first-order valence-corrected chi connectivity index (χ1v) is 11.9. The monoisotopic (exact) mass is 431 g/mol. The van der Waals surface area contributed by atoms with E-state index < -0.39 is 0 Å².